The first kappa shape index (κ1) is 16.1. The highest BCUT2D eigenvalue weighted by Gasteiger charge is 2.10. The number of hydrogen-bond acceptors (Lipinski definition) is 1. The Morgan fingerprint density at radius 3 is 1.52 bits per heavy atom. The molecule has 1 aromatic heterocycles. The van der Waals surface area contributed by atoms with Gasteiger partial charge in [-0.3, -0.25) is 0 Å². The van der Waals surface area contributed by atoms with Gasteiger partial charge in [0.15, 0.2) is 0 Å². The van der Waals surface area contributed by atoms with Gasteiger partial charge in [0.05, 0.1) is 17.2 Å². The van der Waals surface area contributed by atoms with Crippen LogP contribution in [0.15, 0.2) is 108 Å². The van der Waals surface area contributed by atoms with Crippen LogP contribution in [0.3, 0.4) is 0 Å². The number of hydrogen-bond donors (Lipinski definition) is 0. The Labute approximate surface area is 168 Å². The topological polar surface area (TPSA) is 17.3 Å². The van der Waals surface area contributed by atoms with E-state index in [4.69, 9.17) is 5.10 Å². The highest BCUT2D eigenvalue weighted by atomic mass is 15.3. The van der Waals surface area contributed by atoms with Crippen molar-refractivity contribution >= 4 is 49.6 Å². The Kier molecular flexibility index (Phi) is 3.50. The summed E-state index contributed by atoms with van der Waals surface area (Å²) in [4.78, 5) is 0. The Hall–Kier alpha value is -3.91. The van der Waals surface area contributed by atoms with Gasteiger partial charge in [-0.2, -0.15) is 5.10 Å². The molecule has 0 amide bonds. The second-order valence-electron chi connectivity index (χ2n) is 7.32. The van der Waals surface area contributed by atoms with Gasteiger partial charge >= 0.3 is 0 Å². The predicted octanol–water partition coefficient (Wildman–Crippen LogP) is 6.98. The molecule has 0 spiro atoms. The average Bonchev–Trinajstić information content (AvgIpc) is 3.10. The van der Waals surface area contributed by atoms with Crippen LogP contribution in [0.2, 0.25) is 0 Å². The number of benzene rings is 5. The van der Waals surface area contributed by atoms with E-state index in [2.05, 4.69) is 108 Å². The highest BCUT2D eigenvalue weighted by molar-refractivity contribution is 6.14. The van der Waals surface area contributed by atoms with Gasteiger partial charge in [-0.05, 0) is 39.7 Å². The molecule has 29 heavy (non-hydrogen) atoms. The van der Waals surface area contributed by atoms with E-state index in [1.165, 1.54) is 32.3 Å². The van der Waals surface area contributed by atoms with E-state index in [-0.39, 0.29) is 0 Å². The summed E-state index contributed by atoms with van der Waals surface area (Å²) in [6.45, 7) is 0. The van der Waals surface area contributed by atoms with Crippen molar-refractivity contribution in [3.05, 3.63) is 109 Å². The van der Waals surface area contributed by atoms with Crippen LogP contribution in [0.5, 0.6) is 0 Å². The molecule has 0 aliphatic rings. The van der Waals surface area contributed by atoms with Gasteiger partial charge in [0, 0.05) is 16.3 Å². The summed E-state index contributed by atoms with van der Waals surface area (Å²) in [6, 6.07) is 36.2. The van der Waals surface area contributed by atoms with Crippen molar-refractivity contribution in [3.63, 3.8) is 0 Å². The summed E-state index contributed by atoms with van der Waals surface area (Å²) in [5, 5.41) is 12.3. The quantitative estimate of drug-likeness (QED) is 0.231. The summed E-state index contributed by atoms with van der Waals surface area (Å²) in [5.41, 5.74) is 3.39. The molecule has 0 bridgehead atoms. The molecule has 0 saturated heterocycles. The maximum Gasteiger partial charge on any atom is 0.0732 e. The molecule has 0 N–H and O–H groups in total. The van der Waals surface area contributed by atoms with Gasteiger partial charge in [-0.15, -0.1) is 0 Å². The normalized spacial score (nSPS) is 12.0. The molecule has 1 heterocycles. The van der Waals surface area contributed by atoms with Gasteiger partial charge in [0.25, 0.3) is 0 Å². The molecular weight excluding hydrogens is 352 g/mol. The number of fused-ring (bicyclic) bond motifs is 5. The Balaban J connectivity index is 1.66. The van der Waals surface area contributed by atoms with Crippen molar-refractivity contribution in [1.29, 1.82) is 0 Å². The first-order valence-electron chi connectivity index (χ1n) is 9.83. The minimum Gasteiger partial charge on any atom is -0.232 e. The standard InChI is InChI=1S/C27H18N2/c1-3-11-21-19(9-1)17-20-10-2-4-12-22(20)25(21)18-28-29-26-15-7-5-13-23(26)24-14-6-8-16-27(24)29/h1-18H/b28-18+. The second-order valence-corrected chi connectivity index (χ2v) is 7.32. The summed E-state index contributed by atoms with van der Waals surface area (Å²) >= 11 is 0. The molecule has 6 rings (SSSR count). The van der Waals surface area contributed by atoms with Crippen molar-refractivity contribution in [3.8, 4) is 0 Å². The molecule has 0 unspecified atom stereocenters. The summed E-state index contributed by atoms with van der Waals surface area (Å²) in [7, 11) is 0. The lowest BCUT2D eigenvalue weighted by atomic mass is 9.97. The molecule has 0 fully saturated rings. The van der Waals surface area contributed by atoms with Gasteiger partial charge in [-0.25, -0.2) is 4.68 Å². The Morgan fingerprint density at radius 1 is 0.517 bits per heavy atom. The van der Waals surface area contributed by atoms with Crippen LogP contribution < -0.4 is 0 Å². The van der Waals surface area contributed by atoms with Crippen LogP contribution in [0.1, 0.15) is 5.56 Å². The van der Waals surface area contributed by atoms with Crippen molar-refractivity contribution in [2.45, 2.75) is 0 Å². The third-order valence-electron chi connectivity index (χ3n) is 5.67. The first-order valence-corrected chi connectivity index (χ1v) is 9.83. The van der Waals surface area contributed by atoms with E-state index in [0.29, 0.717) is 0 Å². The van der Waals surface area contributed by atoms with Crippen molar-refractivity contribution in [2.75, 3.05) is 0 Å². The minimum atomic E-state index is 1.12. The van der Waals surface area contributed by atoms with Crippen molar-refractivity contribution in [2.24, 2.45) is 5.10 Å². The molecule has 0 saturated carbocycles. The van der Waals surface area contributed by atoms with Gasteiger partial charge in [0.1, 0.15) is 0 Å². The van der Waals surface area contributed by atoms with Crippen molar-refractivity contribution < 1.29 is 0 Å². The lowest BCUT2D eigenvalue weighted by Gasteiger charge is -2.08. The average molecular weight is 370 g/mol. The summed E-state index contributed by atoms with van der Waals surface area (Å²) in [6.07, 6.45) is 2.02. The fourth-order valence-electron chi connectivity index (χ4n) is 4.33. The molecule has 2 nitrogen and oxygen atoms in total. The lowest BCUT2D eigenvalue weighted by molar-refractivity contribution is 0.975. The zero-order chi connectivity index (χ0) is 19.2. The maximum atomic E-state index is 4.98. The molecule has 0 radical (unpaired) electrons. The summed E-state index contributed by atoms with van der Waals surface area (Å²) < 4.78 is 2.06. The van der Waals surface area contributed by atoms with Crippen LogP contribution >= 0.6 is 0 Å². The van der Waals surface area contributed by atoms with Crippen molar-refractivity contribution in [1.82, 2.24) is 4.68 Å². The maximum absolute atomic E-state index is 4.98. The number of para-hydroxylation sites is 2. The zero-order valence-corrected chi connectivity index (χ0v) is 15.8. The van der Waals surface area contributed by atoms with Gasteiger partial charge in [0.2, 0.25) is 0 Å². The molecule has 0 atom stereocenters. The minimum absolute atomic E-state index is 1.12. The van der Waals surface area contributed by atoms with E-state index in [9.17, 15) is 0 Å². The second kappa shape index (κ2) is 6.32. The molecule has 0 aliphatic carbocycles. The van der Waals surface area contributed by atoms with Gasteiger partial charge in [-0.1, -0.05) is 84.9 Å². The molecule has 6 aromatic rings. The van der Waals surface area contributed by atoms with E-state index in [1.54, 1.807) is 0 Å². The van der Waals surface area contributed by atoms with E-state index in [1.807, 2.05) is 6.21 Å². The highest BCUT2D eigenvalue weighted by Crippen LogP contribution is 2.30. The smallest absolute Gasteiger partial charge is 0.0732 e. The first-order chi connectivity index (χ1) is 14.4. The Morgan fingerprint density at radius 2 is 0.966 bits per heavy atom. The van der Waals surface area contributed by atoms with Crippen LogP contribution in [-0.4, -0.2) is 10.9 Å². The fraction of sp³-hybridized carbons (Fsp3) is 0. The number of rotatable bonds is 2. The largest absolute Gasteiger partial charge is 0.232 e. The number of aromatic nitrogens is 1. The predicted molar refractivity (Wildman–Crippen MR) is 124 cm³/mol. The molecule has 2 heteroatoms. The third-order valence-corrected chi connectivity index (χ3v) is 5.67. The zero-order valence-electron chi connectivity index (χ0n) is 15.8. The monoisotopic (exact) mass is 370 g/mol. The van der Waals surface area contributed by atoms with E-state index < -0.39 is 0 Å². The molecule has 136 valence electrons. The lowest BCUT2D eigenvalue weighted by Crippen LogP contribution is -1.93. The molecule has 0 aliphatic heterocycles. The third kappa shape index (κ3) is 2.46. The van der Waals surface area contributed by atoms with Crippen LogP contribution in [-0.2, 0) is 0 Å². The fourth-order valence-corrected chi connectivity index (χ4v) is 4.33. The van der Waals surface area contributed by atoms with E-state index >= 15 is 0 Å². The summed E-state index contributed by atoms with van der Waals surface area (Å²) in [5.74, 6) is 0. The van der Waals surface area contributed by atoms with E-state index in [0.717, 1.165) is 16.6 Å². The SMILES string of the molecule is C(=N\n1c2ccccc2c2ccccc21)/c1c2ccccc2cc2ccccc12. The van der Waals surface area contributed by atoms with Gasteiger partial charge < -0.3 is 0 Å². The molecule has 5 aromatic carbocycles. The van der Waals surface area contributed by atoms with Crippen LogP contribution in [0.25, 0.3) is 43.4 Å². The van der Waals surface area contributed by atoms with Crippen LogP contribution in [0.4, 0.5) is 0 Å². The molecular formula is C27H18N2. The number of nitrogens with zero attached hydrogens (tertiary/aromatic N) is 2. The Bertz CT molecular complexity index is 1450. The van der Waals surface area contributed by atoms with Crippen LogP contribution in [0, 0.1) is 0 Å².